The predicted octanol–water partition coefficient (Wildman–Crippen LogP) is -1.69. The van der Waals surface area contributed by atoms with Crippen LogP contribution in [0.5, 0.6) is 5.75 Å². The SMILES string of the molecule is CC(C)(C)c1cc2c(O)c(c1)C[n+]1cn(c3ccccc31)CCOCCn1c[n+](c3ccccc31)C2.[Cl-].[Cl-]. The minimum Gasteiger partial charge on any atom is -1.00 e. The minimum absolute atomic E-state index is 0. The molecule has 1 aliphatic heterocycles. The summed E-state index contributed by atoms with van der Waals surface area (Å²) in [4.78, 5) is 0. The fourth-order valence-corrected chi connectivity index (χ4v) is 5.32. The van der Waals surface area contributed by atoms with Gasteiger partial charge in [0, 0.05) is 11.1 Å². The van der Waals surface area contributed by atoms with Gasteiger partial charge in [0.15, 0.2) is 22.1 Å². The lowest BCUT2D eigenvalue weighted by atomic mass is 9.84. The summed E-state index contributed by atoms with van der Waals surface area (Å²) in [6.45, 7) is 10.7. The molecule has 3 heterocycles. The summed E-state index contributed by atoms with van der Waals surface area (Å²) >= 11 is 0. The van der Waals surface area contributed by atoms with Crippen LogP contribution in [-0.4, -0.2) is 27.5 Å². The number of fused-ring (bicyclic) bond motifs is 12. The molecule has 0 atom stereocenters. The number of imidazole rings is 2. The van der Waals surface area contributed by atoms with E-state index < -0.39 is 0 Å². The van der Waals surface area contributed by atoms with Gasteiger partial charge < -0.3 is 34.7 Å². The largest absolute Gasteiger partial charge is 1.00 e. The molecule has 0 fully saturated rings. The molecule has 38 heavy (non-hydrogen) atoms. The molecule has 6 nitrogen and oxygen atoms in total. The summed E-state index contributed by atoms with van der Waals surface area (Å²) in [6, 6.07) is 21.3. The van der Waals surface area contributed by atoms with E-state index in [9.17, 15) is 5.11 Å². The third-order valence-electron chi connectivity index (χ3n) is 7.33. The number of benzene rings is 3. The number of halogens is 2. The average Bonchev–Trinajstić information content (AvgIpc) is 3.38. The smallest absolute Gasteiger partial charge is 0.245 e. The number of hydrogen-bond donors (Lipinski definition) is 1. The summed E-state index contributed by atoms with van der Waals surface area (Å²) in [5.74, 6) is 0.382. The molecule has 0 saturated carbocycles. The van der Waals surface area contributed by atoms with Crippen LogP contribution in [0, 0.1) is 0 Å². The van der Waals surface area contributed by atoms with Gasteiger partial charge in [-0.05, 0) is 47.4 Å². The van der Waals surface area contributed by atoms with E-state index in [0.29, 0.717) is 32.1 Å². The predicted molar refractivity (Wildman–Crippen MR) is 140 cm³/mol. The first-order chi connectivity index (χ1) is 17.4. The van der Waals surface area contributed by atoms with Gasteiger partial charge in [0.1, 0.15) is 31.9 Å². The van der Waals surface area contributed by atoms with Crippen LogP contribution in [0.4, 0.5) is 0 Å². The maximum absolute atomic E-state index is 11.6. The van der Waals surface area contributed by atoms with Gasteiger partial charge in [-0.15, -0.1) is 0 Å². The summed E-state index contributed by atoms with van der Waals surface area (Å²) in [5, 5.41) is 11.6. The molecule has 3 aromatic carbocycles. The highest BCUT2D eigenvalue weighted by molar-refractivity contribution is 5.72. The Morgan fingerprint density at radius 1 is 0.737 bits per heavy atom. The number of aromatic hydroxyl groups is 1. The van der Waals surface area contributed by atoms with Crippen LogP contribution < -0.4 is 33.9 Å². The van der Waals surface area contributed by atoms with Gasteiger partial charge in [0.2, 0.25) is 12.7 Å². The van der Waals surface area contributed by atoms with E-state index in [2.05, 4.69) is 112 Å². The van der Waals surface area contributed by atoms with E-state index in [-0.39, 0.29) is 30.2 Å². The lowest BCUT2D eigenvalue weighted by Gasteiger charge is -2.22. The second-order valence-electron chi connectivity index (χ2n) is 10.9. The van der Waals surface area contributed by atoms with Crippen molar-refractivity contribution in [2.75, 3.05) is 13.2 Å². The number of aromatic nitrogens is 4. The highest BCUT2D eigenvalue weighted by atomic mass is 35.5. The minimum atomic E-state index is -0.0350. The molecule has 200 valence electrons. The van der Waals surface area contributed by atoms with Crippen molar-refractivity contribution in [1.82, 2.24) is 9.13 Å². The van der Waals surface area contributed by atoms with Gasteiger partial charge in [0.05, 0.1) is 13.2 Å². The zero-order valence-electron chi connectivity index (χ0n) is 22.1. The Labute approximate surface area is 235 Å². The van der Waals surface area contributed by atoms with Crippen LogP contribution in [0.2, 0.25) is 0 Å². The normalized spacial score (nSPS) is 14.2. The summed E-state index contributed by atoms with van der Waals surface area (Å²) in [5.41, 5.74) is 7.73. The Morgan fingerprint density at radius 2 is 1.18 bits per heavy atom. The Hall–Kier alpha value is -3.06. The van der Waals surface area contributed by atoms with Gasteiger partial charge in [-0.3, -0.25) is 0 Å². The van der Waals surface area contributed by atoms with E-state index in [4.69, 9.17) is 4.74 Å². The monoisotopic (exact) mass is 552 g/mol. The Kier molecular flexibility index (Phi) is 8.07. The molecule has 0 aliphatic carbocycles. The zero-order chi connectivity index (χ0) is 24.9. The van der Waals surface area contributed by atoms with Crippen molar-refractivity contribution in [2.24, 2.45) is 0 Å². The molecule has 0 amide bonds. The van der Waals surface area contributed by atoms with Crippen LogP contribution in [0.1, 0.15) is 37.5 Å². The molecule has 2 aromatic heterocycles. The van der Waals surface area contributed by atoms with E-state index >= 15 is 0 Å². The van der Waals surface area contributed by atoms with Gasteiger partial charge in [-0.25, -0.2) is 18.3 Å². The Balaban J connectivity index is 0.00000168. The molecular weight excluding hydrogens is 519 g/mol. The van der Waals surface area contributed by atoms with Gasteiger partial charge in [0.25, 0.3) is 0 Å². The van der Waals surface area contributed by atoms with E-state index in [1.54, 1.807) is 0 Å². The first-order valence-electron chi connectivity index (χ1n) is 12.8. The number of para-hydroxylation sites is 4. The van der Waals surface area contributed by atoms with Crippen molar-refractivity contribution < 1.29 is 43.8 Å². The van der Waals surface area contributed by atoms with E-state index in [1.807, 2.05) is 0 Å². The number of nitrogens with zero attached hydrogens (tertiary/aromatic N) is 4. The second kappa shape index (κ2) is 11.0. The number of phenols is 1. The maximum Gasteiger partial charge on any atom is 0.245 e. The quantitative estimate of drug-likeness (QED) is 0.233. The van der Waals surface area contributed by atoms with E-state index in [1.165, 1.54) is 16.6 Å². The molecular formula is C30H34Cl2N4O2. The number of ether oxygens (including phenoxy) is 1. The first kappa shape index (κ1) is 28.0. The van der Waals surface area contributed by atoms with Crippen LogP contribution in [0.15, 0.2) is 73.3 Å². The lowest BCUT2D eigenvalue weighted by molar-refractivity contribution is -0.664. The lowest BCUT2D eigenvalue weighted by Crippen LogP contribution is -3.00. The van der Waals surface area contributed by atoms with Crippen LogP contribution >= 0.6 is 0 Å². The van der Waals surface area contributed by atoms with Crippen LogP contribution in [0.3, 0.4) is 0 Å². The van der Waals surface area contributed by atoms with Gasteiger partial charge in [-0.1, -0.05) is 45.0 Å². The molecule has 1 aliphatic rings. The average molecular weight is 554 g/mol. The second-order valence-corrected chi connectivity index (χ2v) is 10.9. The standard InChI is InChI=1S/C30H33N4O2.2ClH/c1-30(2,3)24-16-22-18-33-20-31(25-8-4-6-10-27(25)33)12-14-36-15-13-32-21-34(19-23(17-24)29(22)35)28-11-7-5-9-26(28)32;;/h4-11,16-17,20-21H,12-15,18-19H2,1-3H3;2*1H/q+1;;/p-1. The highest BCUT2D eigenvalue weighted by Crippen LogP contribution is 2.32. The van der Waals surface area contributed by atoms with Crippen LogP contribution in [0.25, 0.3) is 22.1 Å². The highest BCUT2D eigenvalue weighted by Gasteiger charge is 2.24. The molecule has 0 unspecified atom stereocenters. The van der Waals surface area contributed by atoms with Crippen molar-refractivity contribution in [3.8, 4) is 5.75 Å². The van der Waals surface area contributed by atoms with Gasteiger partial charge >= 0.3 is 0 Å². The third kappa shape index (κ3) is 5.13. The summed E-state index contributed by atoms with van der Waals surface area (Å²) in [7, 11) is 0. The molecule has 1 N–H and O–H groups in total. The molecule has 5 aromatic rings. The molecule has 8 heteroatoms. The topological polar surface area (TPSA) is 47.1 Å². The number of hydrogen-bond acceptors (Lipinski definition) is 2. The summed E-state index contributed by atoms with van der Waals surface area (Å²) in [6.07, 6.45) is 4.31. The molecule has 0 radical (unpaired) electrons. The number of rotatable bonds is 0. The Bertz CT molecular complexity index is 1480. The number of phenolic OH excluding ortho intramolecular Hbond substituents is 1. The van der Waals surface area contributed by atoms with Gasteiger partial charge in [-0.2, -0.15) is 0 Å². The molecule has 6 rings (SSSR count). The van der Waals surface area contributed by atoms with Crippen LogP contribution in [-0.2, 0) is 36.3 Å². The fraction of sp³-hybridized carbons (Fsp3) is 0.333. The summed E-state index contributed by atoms with van der Waals surface area (Å²) < 4.78 is 15.1. The molecule has 0 saturated heterocycles. The third-order valence-corrected chi connectivity index (χ3v) is 7.33. The fourth-order valence-electron chi connectivity index (χ4n) is 5.32. The Morgan fingerprint density at radius 3 is 1.63 bits per heavy atom. The maximum atomic E-state index is 11.6. The molecule has 6 bridgehead atoms. The van der Waals surface area contributed by atoms with E-state index in [0.717, 1.165) is 35.2 Å². The van der Waals surface area contributed by atoms with Crippen molar-refractivity contribution in [1.29, 1.82) is 0 Å². The van der Waals surface area contributed by atoms with Crippen molar-refractivity contribution in [3.63, 3.8) is 0 Å². The van der Waals surface area contributed by atoms with Crippen molar-refractivity contribution in [2.45, 2.75) is 52.4 Å². The first-order valence-corrected chi connectivity index (χ1v) is 12.8. The molecule has 0 spiro atoms. The van der Waals surface area contributed by atoms with Crippen molar-refractivity contribution in [3.05, 3.63) is 90.0 Å². The zero-order valence-corrected chi connectivity index (χ0v) is 23.6. The van der Waals surface area contributed by atoms with Crippen molar-refractivity contribution >= 4 is 22.1 Å².